The van der Waals surface area contributed by atoms with Gasteiger partial charge in [-0.3, -0.25) is 70.1 Å². The quantitative estimate of drug-likeness (QED) is 0.00568. The lowest BCUT2D eigenvalue weighted by molar-refractivity contribution is -0.161. The van der Waals surface area contributed by atoms with Crippen molar-refractivity contribution in [1.29, 1.82) is 0 Å². The topological polar surface area (TPSA) is 487 Å². The van der Waals surface area contributed by atoms with Gasteiger partial charge in [0.25, 0.3) is 5.56 Å². The second kappa shape index (κ2) is 58.4. The van der Waals surface area contributed by atoms with E-state index in [0.717, 1.165) is 79.3 Å². The van der Waals surface area contributed by atoms with Crippen molar-refractivity contribution in [3.05, 3.63) is 71.2 Å². The van der Waals surface area contributed by atoms with Gasteiger partial charge in [0, 0.05) is 64.1 Å². The largest absolute Gasteiger partial charge is 0.472 e. The first kappa shape index (κ1) is 111. The van der Waals surface area contributed by atoms with E-state index in [1.54, 1.807) is 38.1 Å². The predicted octanol–water partition coefficient (Wildman–Crippen LogP) is 16.1. The lowest BCUT2D eigenvalue weighted by Gasteiger charge is -2.26. The number of fused-ring (bicyclic) bond motifs is 5. The molecule has 0 spiro atoms. The Morgan fingerprint density at radius 2 is 1.17 bits per heavy atom. The fourth-order valence-corrected chi connectivity index (χ4v) is 19.2. The number of thiol groups is 2. The molecule has 6 amide bonds. The number of nitrogens with one attached hydrogen (secondary N) is 6. The van der Waals surface area contributed by atoms with Gasteiger partial charge in [0.1, 0.15) is 67.5 Å². The molecule has 3 fully saturated rings. The summed E-state index contributed by atoms with van der Waals surface area (Å²) in [5.41, 5.74) is -0.272. The minimum Gasteiger partial charge on any atom is -0.462 e. The highest BCUT2D eigenvalue weighted by atomic mass is 32.7. The molecule has 3 saturated heterocycles. The van der Waals surface area contributed by atoms with Crippen molar-refractivity contribution in [2.45, 2.75) is 346 Å². The Labute approximate surface area is 786 Å². The predicted molar refractivity (Wildman–Crippen MR) is 498 cm³/mol. The molecule has 45 heteroatoms. The number of H-pyrrole nitrogens is 1. The average Bonchev–Trinajstić information content (AvgIpc) is 1.61. The molecule has 3 aliphatic heterocycles. The van der Waals surface area contributed by atoms with Gasteiger partial charge in [-0.05, 0) is 56.2 Å². The number of aromatic nitrogens is 7. The van der Waals surface area contributed by atoms with Gasteiger partial charge >= 0.3 is 39.4 Å². The Balaban J connectivity index is 0.687. The zero-order valence-corrected chi connectivity index (χ0v) is 81.7. The number of carbonyl (C=O) groups excluding carboxylic acids is 8. The third kappa shape index (κ3) is 38.8. The van der Waals surface area contributed by atoms with Crippen LogP contribution >= 0.6 is 45.9 Å². The normalized spacial score (nSPS) is 21.5. The van der Waals surface area contributed by atoms with Crippen LogP contribution in [0.1, 0.15) is 290 Å². The highest BCUT2D eigenvalue weighted by Gasteiger charge is 2.54. The van der Waals surface area contributed by atoms with E-state index < -0.39 is 185 Å². The molecule has 7 heterocycles. The number of esters is 2. The third-order valence-electron chi connectivity index (χ3n) is 23.0. The van der Waals surface area contributed by atoms with Gasteiger partial charge in [-0.15, -0.1) is 0 Å². The lowest BCUT2D eigenvalue weighted by atomic mass is 10.0. The molecule has 8 rings (SSSR count). The molecule has 133 heavy (non-hydrogen) atoms. The number of aliphatic hydroxyl groups excluding tert-OH is 1. The molecule has 1 aromatic carbocycles. The van der Waals surface area contributed by atoms with Crippen LogP contribution < -0.4 is 32.1 Å². The highest BCUT2D eigenvalue weighted by Crippen LogP contribution is 2.61. The van der Waals surface area contributed by atoms with Crippen LogP contribution in [0.5, 0.6) is 0 Å². The Kier molecular flexibility index (Phi) is 48.7. The Morgan fingerprint density at radius 1 is 0.624 bits per heavy atom. The molecular formula is C88H138F2N13O25P3S2. The summed E-state index contributed by atoms with van der Waals surface area (Å²) in [5.74, 6) is -5.38. The number of amides is 6. The number of anilines is 2. The van der Waals surface area contributed by atoms with Crippen molar-refractivity contribution in [1.82, 2.24) is 54.9 Å². The SMILES string of the molecule is CCCCCCCCCCCCCCCCCC(=O)OC[C@H](COP(=O)(O)OCCNC(=O)CCCC(=O)N[C@H](C(=O)N[C@@H](C)C(=O)Nc1ccc(COC(=O)N(C)CCCC(=O)Nc2ncnc3c2ncn3[C@@H]2O[C@@H]3CO[P@@](=O)(S)O[C@@H]4[C@H](O)[C@@H](CO[P@@](=O)(S)O[C@H]3[C@H]2F)O[C@H]4n2cc(F)c3c(=O)[nH]cnc32)cc1)C(C)C)OC(=O)CCCCCCCCCCCCCCCCC. The number of hydrogen-bond donors (Lipinski definition) is 10. The fraction of sp³-hybridized carbons (Fsp3) is 0.716. The average molecular weight is 1970 g/mol. The monoisotopic (exact) mass is 1970 g/mol. The Morgan fingerprint density at radius 3 is 1.77 bits per heavy atom. The van der Waals surface area contributed by atoms with Gasteiger partial charge in [-0.1, -0.05) is 244 Å². The molecule has 746 valence electrons. The summed E-state index contributed by atoms with van der Waals surface area (Å²) in [6.07, 6.45) is 23.8. The molecular weight excluding hydrogens is 1830 g/mol. The molecule has 4 aromatic heterocycles. The maximum absolute atomic E-state index is 16.8. The molecule has 38 nitrogen and oxygen atoms in total. The summed E-state index contributed by atoms with van der Waals surface area (Å²) in [5, 5.41) is 24.1. The maximum atomic E-state index is 16.8. The van der Waals surface area contributed by atoms with Crippen LogP contribution in [0.3, 0.4) is 0 Å². The van der Waals surface area contributed by atoms with Crippen LogP contribution in [0.25, 0.3) is 22.2 Å². The number of ether oxygens (including phenoxy) is 5. The van der Waals surface area contributed by atoms with Crippen LogP contribution in [0.4, 0.5) is 25.1 Å². The first-order chi connectivity index (χ1) is 63.8. The van der Waals surface area contributed by atoms with Crippen molar-refractivity contribution in [3.63, 3.8) is 0 Å². The smallest absolute Gasteiger partial charge is 0.462 e. The van der Waals surface area contributed by atoms with E-state index in [4.69, 9.17) is 50.8 Å². The fourth-order valence-electron chi connectivity index (χ4n) is 15.5. The zero-order chi connectivity index (χ0) is 96.3. The first-order valence-electron chi connectivity index (χ1n) is 47.0. The molecule has 0 saturated carbocycles. The van der Waals surface area contributed by atoms with E-state index in [0.29, 0.717) is 24.1 Å². The van der Waals surface area contributed by atoms with Crippen LogP contribution in [0.2, 0.25) is 0 Å². The van der Waals surface area contributed by atoms with Crippen molar-refractivity contribution < 1.29 is 122 Å². The summed E-state index contributed by atoms with van der Waals surface area (Å²) in [6.45, 7) is -3.29. The molecule has 8 N–H and O–H groups in total. The summed E-state index contributed by atoms with van der Waals surface area (Å²) < 4.78 is 136. The number of phosphoric ester groups is 1. The summed E-state index contributed by atoms with van der Waals surface area (Å²) in [6, 6.07) is 4.18. The van der Waals surface area contributed by atoms with Crippen LogP contribution in [-0.2, 0) is 105 Å². The second-order valence-corrected chi connectivity index (χ2v) is 41.6. The van der Waals surface area contributed by atoms with Crippen molar-refractivity contribution >= 4 is 127 Å². The van der Waals surface area contributed by atoms with Gasteiger partial charge in [0.15, 0.2) is 53.2 Å². The van der Waals surface area contributed by atoms with Gasteiger partial charge < -0.3 is 74.7 Å². The van der Waals surface area contributed by atoms with Crippen LogP contribution in [-0.4, -0.2) is 205 Å². The number of halogens is 2. The molecule has 1 unspecified atom stereocenters. The summed E-state index contributed by atoms with van der Waals surface area (Å²) in [4.78, 5) is 148. The third-order valence-corrected chi connectivity index (χ3v) is 27.3. The van der Waals surface area contributed by atoms with E-state index in [1.807, 2.05) is 0 Å². The molecule has 5 aromatic rings. The van der Waals surface area contributed by atoms with E-state index >= 15 is 8.78 Å². The standard InChI is InChI=1S/C88H138F2N13O25P3S2/c1-7-9-11-13-15-17-19-21-23-25-27-29-31-33-35-42-71(107)118-53-64(124-72(108)43-36-34-32-30-28-26-24-22-20-18-16-14-12-10-8-2)54-121-129(114,115)120-50-48-91-68(104)39-37-40-69(105)99-75(60(3)4)85(112)97-61(5)83(110)98-63-46-44-62(45-47-63)52-119-88(113)101(6)49-38-41-70(106)100-80-76-82(94-57-92-80)103(59-96-76)86-74(90)78-67(126-86)56-123-131(117,133)128-79-77(109)66(55-122-130(116,132)127-78)125-87(79)102-51-65(89)73-81(102)93-58-95-84(73)111/h44-47,51,57-61,64,66-67,74-75,77-79,86-87,109H,7-43,48-50,52-56H2,1-6H3,(H,91,104)(H,97,112)(H,98,110)(H,99,105)(H,114,115)(H,116,132)(H,117,133)(H,93,95,111)(H,92,94,100,106)/t61-,64+,66+,67+,74+,75-,77+,78+,79+,86+,87+,130+,131+/m0/s1. The summed E-state index contributed by atoms with van der Waals surface area (Å²) >= 11 is 8.13. The second-order valence-electron chi connectivity index (χ2n) is 34.4. The van der Waals surface area contributed by atoms with E-state index in [9.17, 15) is 66.8 Å². The highest BCUT2D eigenvalue weighted by molar-refractivity contribution is 8.44. The number of aromatic amines is 1. The molecule has 2 bridgehead atoms. The van der Waals surface area contributed by atoms with Crippen molar-refractivity contribution in [2.24, 2.45) is 5.92 Å². The lowest BCUT2D eigenvalue weighted by Crippen LogP contribution is -2.53. The number of phosphoric acid groups is 1. The number of hydrogen-bond acceptors (Lipinski definition) is 28. The number of rotatable bonds is 61. The zero-order valence-electron chi connectivity index (χ0n) is 77.3. The minimum atomic E-state index is -4.77. The minimum absolute atomic E-state index is 0.0198. The number of nitrogens with zero attached hydrogens (tertiary/aromatic N) is 7. The van der Waals surface area contributed by atoms with Crippen LogP contribution in [0.15, 0.2) is 54.2 Å². The number of imidazole rings is 1. The number of carbonyl (C=O) groups is 8. The van der Waals surface area contributed by atoms with Gasteiger partial charge in [-0.25, -0.2) is 47.2 Å². The van der Waals surface area contributed by atoms with Gasteiger partial charge in [0.2, 0.25) is 29.5 Å². The van der Waals surface area contributed by atoms with Crippen LogP contribution in [0, 0.1) is 11.7 Å². The number of aliphatic hydroxyl groups is 1. The number of unbranched alkanes of at least 4 members (excludes halogenated alkanes) is 28. The molecule has 14 atom stereocenters. The van der Waals surface area contributed by atoms with E-state index in [2.05, 4.69) is 89.8 Å². The number of alkyl halides is 1. The Hall–Kier alpha value is -7.40. The molecule has 0 aliphatic carbocycles. The van der Waals surface area contributed by atoms with E-state index in [1.165, 1.54) is 154 Å². The van der Waals surface area contributed by atoms with Gasteiger partial charge in [-0.2, -0.15) is 0 Å². The molecule has 3 aliphatic rings. The maximum Gasteiger partial charge on any atom is 0.472 e. The number of benzene rings is 1. The van der Waals surface area contributed by atoms with Gasteiger partial charge in [0.05, 0.1) is 39.1 Å². The first-order valence-corrected chi connectivity index (χ1v) is 53.9. The Bertz CT molecular complexity index is 4680. The van der Waals surface area contributed by atoms with E-state index in [-0.39, 0.29) is 93.9 Å². The summed E-state index contributed by atoms with van der Waals surface area (Å²) in [7, 11) is -3.31. The molecule has 0 radical (unpaired) electrons. The van der Waals surface area contributed by atoms with Crippen molar-refractivity contribution in [3.8, 4) is 0 Å². The van der Waals surface area contributed by atoms with Crippen molar-refractivity contribution in [2.75, 3.05) is 63.8 Å².